The monoisotopic (exact) mass is 436 g/mol. The van der Waals surface area contributed by atoms with Gasteiger partial charge in [0.25, 0.3) is 0 Å². The zero-order chi connectivity index (χ0) is 22.8. The van der Waals surface area contributed by atoms with Crippen molar-refractivity contribution in [3.8, 4) is 0 Å². The fourth-order valence-electron chi connectivity index (χ4n) is 8.96. The first-order valence-corrected chi connectivity index (χ1v) is 12.7. The predicted octanol–water partition coefficient (Wildman–Crippen LogP) is 6.41. The maximum atomic E-state index is 13.0. The summed E-state index contributed by atoms with van der Waals surface area (Å²) in [6, 6.07) is 9.92. The van der Waals surface area contributed by atoms with Crippen LogP contribution in [0.2, 0.25) is 0 Å². The van der Waals surface area contributed by atoms with E-state index >= 15 is 0 Å². The van der Waals surface area contributed by atoms with Crippen molar-refractivity contribution in [1.82, 2.24) is 0 Å². The van der Waals surface area contributed by atoms with Crippen LogP contribution in [-0.4, -0.2) is 22.8 Å². The lowest BCUT2D eigenvalue weighted by Crippen LogP contribution is -2.69. The third-order valence-corrected chi connectivity index (χ3v) is 10.4. The number of ether oxygens (including phenoxy) is 1. The average molecular weight is 437 g/mol. The lowest BCUT2D eigenvalue weighted by atomic mass is 9.35. The second-order valence-electron chi connectivity index (χ2n) is 12.6. The largest absolute Gasteiger partial charge is 0.459 e. The molecule has 0 heterocycles. The fraction of sp³-hybridized carbons (Fsp3) is 0.690. The minimum Gasteiger partial charge on any atom is -0.459 e. The maximum Gasteiger partial charge on any atom is 0.331 e. The molecule has 0 amide bonds. The molecule has 5 aliphatic carbocycles. The van der Waals surface area contributed by atoms with Crippen LogP contribution in [0.4, 0.5) is 0 Å². The van der Waals surface area contributed by atoms with E-state index in [1.54, 1.807) is 6.08 Å². The summed E-state index contributed by atoms with van der Waals surface area (Å²) < 4.78 is 6.35. The Balaban J connectivity index is 1.48. The van der Waals surface area contributed by atoms with Gasteiger partial charge in [-0.25, -0.2) is 4.79 Å². The molecule has 174 valence electrons. The minimum absolute atomic E-state index is 0.0901. The molecule has 2 bridgehead atoms. The van der Waals surface area contributed by atoms with Gasteiger partial charge in [-0.15, -0.1) is 0 Å². The van der Waals surface area contributed by atoms with Gasteiger partial charge < -0.3 is 9.84 Å². The molecular weight excluding hydrogens is 396 g/mol. The first kappa shape index (κ1) is 22.2. The Hall–Kier alpha value is -1.61. The third kappa shape index (κ3) is 3.38. The van der Waals surface area contributed by atoms with Crippen molar-refractivity contribution >= 4 is 12.0 Å². The van der Waals surface area contributed by atoms with Gasteiger partial charge in [0.2, 0.25) is 0 Å². The molecule has 1 N–H and O–H groups in total. The highest BCUT2D eigenvalue weighted by Crippen LogP contribution is 2.73. The van der Waals surface area contributed by atoms with Crippen molar-refractivity contribution in [2.75, 3.05) is 0 Å². The van der Waals surface area contributed by atoms with Crippen molar-refractivity contribution in [1.29, 1.82) is 0 Å². The van der Waals surface area contributed by atoms with Gasteiger partial charge in [-0.1, -0.05) is 57.5 Å². The molecular formula is C29H40O3. The number of esters is 1. The van der Waals surface area contributed by atoms with Crippen LogP contribution in [0.15, 0.2) is 36.4 Å². The maximum absolute atomic E-state index is 13.0. The van der Waals surface area contributed by atoms with E-state index in [9.17, 15) is 9.90 Å². The highest BCUT2D eigenvalue weighted by molar-refractivity contribution is 5.87. The van der Waals surface area contributed by atoms with Gasteiger partial charge in [-0.3, -0.25) is 0 Å². The molecule has 32 heavy (non-hydrogen) atoms. The van der Waals surface area contributed by atoms with E-state index in [1.807, 2.05) is 43.3 Å². The number of aliphatic hydroxyl groups is 1. The van der Waals surface area contributed by atoms with E-state index in [1.165, 1.54) is 19.3 Å². The van der Waals surface area contributed by atoms with Gasteiger partial charge in [0.15, 0.2) is 0 Å². The Morgan fingerprint density at radius 1 is 1.03 bits per heavy atom. The van der Waals surface area contributed by atoms with Gasteiger partial charge in [-0.2, -0.15) is 0 Å². The molecule has 0 aliphatic heterocycles. The van der Waals surface area contributed by atoms with Crippen LogP contribution in [0.1, 0.15) is 84.6 Å². The van der Waals surface area contributed by atoms with Crippen LogP contribution < -0.4 is 0 Å². The van der Waals surface area contributed by atoms with E-state index in [0.29, 0.717) is 17.8 Å². The molecule has 3 nitrogen and oxygen atoms in total. The van der Waals surface area contributed by atoms with E-state index < -0.39 is 5.60 Å². The molecule has 0 radical (unpaired) electrons. The van der Waals surface area contributed by atoms with Gasteiger partial charge >= 0.3 is 5.97 Å². The lowest BCUT2D eigenvalue weighted by molar-refractivity contribution is -0.271. The van der Waals surface area contributed by atoms with Crippen LogP contribution in [0.25, 0.3) is 6.08 Å². The van der Waals surface area contributed by atoms with Crippen LogP contribution >= 0.6 is 0 Å². The molecule has 1 spiro atoms. The zero-order valence-corrected chi connectivity index (χ0v) is 20.3. The molecule has 1 aromatic rings. The summed E-state index contributed by atoms with van der Waals surface area (Å²) in [5, 5.41) is 11.3. The van der Waals surface area contributed by atoms with E-state index in [-0.39, 0.29) is 28.3 Å². The Labute approximate surface area is 193 Å². The number of hydrogen-bond donors (Lipinski definition) is 1. The number of carbonyl (C=O) groups is 1. The van der Waals surface area contributed by atoms with Crippen LogP contribution in [0, 0.1) is 34.0 Å². The van der Waals surface area contributed by atoms with Crippen molar-refractivity contribution in [3.05, 3.63) is 42.0 Å². The van der Waals surface area contributed by atoms with Crippen molar-refractivity contribution in [3.63, 3.8) is 0 Å². The molecule has 5 saturated carbocycles. The molecule has 1 aromatic carbocycles. The van der Waals surface area contributed by atoms with E-state index in [2.05, 4.69) is 20.8 Å². The molecule has 0 saturated heterocycles. The topological polar surface area (TPSA) is 46.5 Å². The Kier molecular flexibility index (Phi) is 5.17. The molecule has 6 rings (SSSR count). The summed E-state index contributed by atoms with van der Waals surface area (Å²) in [5.41, 5.74) is 0.809. The Morgan fingerprint density at radius 3 is 2.50 bits per heavy atom. The normalized spacial score (nSPS) is 44.7. The second kappa shape index (κ2) is 7.45. The summed E-state index contributed by atoms with van der Waals surface area (Å²) in [7, 11) is 0. The average Bonchev–Trinajstić information content (AvgIpc) is 2.73. The fourth-order valence-corrected chi connectivity index (χ4v) is 8.96. The summed E-state index contributed by atoms with van der Waals surface area (Å²) in [6.07, 6.45) is 12.1. The molecule has 7 unspecified atom stereocenters. The smallest absolute Gasteiger partial charge is 0.331 e. The number of hydrogen-bond acceptors (Lipinski definition) is 3. The van der Waals surface area contributed by atoms with Crippen molar-refractivity contribution in [2.45, 2.75) is 90.8 Å². The SMILES string of the molecule is CC1(C)CCCC2(C)C1CC(OC(=O)C=Cc1ccccc1)C13CCC(CC21)C(C)(O)C3. The van der Waals surface area contributed by atoms with Gasteiger partial charge in [-0.05, 0) is 92.1 Å². The number of fused-ring (bicyclic) bond motifs is 3. The number of carbonyl (C=O) groups excluding carboxylic acids is 1. The number of benzene rings is 1. The van der Waals surface area contributed by atoms with Gasteiger partial charge in [0, 0.05) is 11.5 Å². The summed E-state index contributed by atoms with van der Waals surface area (Å²) >= 11 is 0. The highest BCUT2D eigenvalue weighted by Gasteiger charge is 2.69. The standard InChI is InChI=1S/C29H40O3/c1-26(2)14-8-15-27(3)22(26)18-24(32-25(30)12-11-20-9-6-5-7-10-20)29-16-13-21(17-23(27)29)28(4,31)19-29/h5-7,9-12,21-24,31H,8,13-19H2,1-4H3. The Bertz CT molecular complexity index is 900. The van der Waals surface area contributed by atoms with Crippen LogP contribution in [0.5, 0.6) is 0 Å². The lowest BCUT2D eigenvalue weighted by Gasteiger charge is -2.71. The summed E-state index contributed by atoms with van der Waals surface area (Å²) in [6.45, 7) is 9.42. The molecule has 0 aromatic heterocycles. The first-order valence-electron chi connectivity index (χ1n) is 12.7. The Morgan fingerprint density at radius 2 is 1.78 bits per heavy atom. The van der Waals surface area contributed by atoms with Crippen LogP contribution in [-0.2, 0) is 9.53 Å². The minimum atomic E-state index is -0.646. The quantitative estimate of drug-likeness (QED) is 0.440. The molecule has 5 aliphatic rings. The second-order valence-corrected chi connectivity index (χ2v) is 12.6. The zero-order valence-electron chi connectivity index (χ0n) is 20.3. The first-order chi connectivity index (χ1) is 15.1. The van der Waals surface area contributed by atoms with E-state index in [4.69, 9.17) is 4.74 Å². The summed E-state index contributed by atoms with van der Waals surface area (Å²) in [4.78, 5) is 13.0. The molecule has 5 fully saturated rings. The number of rotatable bonds is 3. The van der Waals surface area contributed by atoms with Crippen LogP contribution in [0.3, 0.4) is 0 Å². The predicted molar refractivity (Wildman–Crippen MR) is 128 cm³/mol. The van der Waals surface area contributed by atoms with Crippen molar-refractivity contribution in [2.24, 2.45) is 34.0 Å². The van der Waals surface area contributed by atoms with E-state index in [0.717, 1.165) is 37.7 Å². The molecule has 3 heteroatoms. The van der Waals surface area contributed by atoms with Gasteiger partial charge in [0.05, 0.1) is 5.60 Å². The molecule has 7 atom stereocenters. The summed E-state index contributed by atoms with van der Waals surface area (Å²) in [5.74, 6) is 1.23. The van der Waals surface area contributed by atoms with Crippen molar-refractivity contribution < 1.29 is 14.6 Å². The van der Waals surface area contributed by atoms with Gasteiger partial charge in [0.1, 0.15) is 6.10 Å². The highest BCUT2D eigenvalue weighted by atomic mass is 16.5. The third-order valence-electron chi connectivity index (χ3n) is 10.4.